The molecule has 0 aromatic heterocycles. The Hall–Kier alpha value is -1.20. The molecule has 152 valence electrons. The van der Waals surface area contributed by atoms with Gasteiger partial charge < -0.3 is 14.6 Å². The third kappa shape index (κ3) is 3.07. The normalized spacial score (nSPS) is 40.6. The number of aliphatic hydroxyl groups is 1. The number of fused-ring (bicyclic) bond motifs is 2. The molecule has 1 saturated heterocycles. The van der Waals surface area contributed by atoms with E-state index in [9.17, 15) is 14.7 Å². The van der Waals surface area contributed by atoms with Crippen molar-refractivity contribution in [2.24, 2.45) is 16.7 Å². The van der Waals surface area contributed by atoms with Crippen LogP contribution in [0.2, 0.25) is 0 Å². The monoisotopic (exact) mass is 378 g/mol. The molecular formula is C22H34O5. The van der Waals surface area contributed by atoms with Gasteiger partial charge in [0.2, 0.25) is 0 Å². The van der Waals surface area contributed by atoms with Crippen molar-refractivity contribution in [2.45, 2.75) is 84.3 Å². The molecule has 0 aromatic carbocycles. The van der Waals surface area contributed by atoms with Crippen molar-refractivity contribution in [3.05, 3.63) is 11.6 Å². The van der Waals surface area contributed by atoms with Crippen LogP contribution >= 0.6 is 0 Å². The Morgan fingerprint density at radius 1 is 1.26 bits per heavy atom. The lowest BCUT2D eigenvalue weighted by Gasteiger charge is -2.59. The van der Waals surface area contributed by atoms with E-state index in [0.29, 0.717) is 12.8 Å². The van der Waals surface area contributed by atoms with Crippen LogP contribution in [-0.2, 0) is 19.1 Å². The van der Waals surface area contributed by atoms with E-state index in [2.05, 4.69) is 20.8 Å². The molecule has 2 fully saturated rings. The third-order valence-corrected chi connectivity index (χ3v) is 7.65. The van der Waals surface area contributed by atoms with Crippen molar-refractivity contribution >= 4 is 11.8 Å². The van der Waals surface area contributed by atoms with E-state index in [-0.39, 0.29) is 41.7 Å². The van der Waals surface area contributed by atoms with Crippen molar-refractivity contribution in [3.63, 3.8) is 0 Å². The van der Waals surface area contributed by atoms with Gasteiger partial charge in [0.1, 0.15) is 0 Å². The van der Waals surface area contributed by atoms with Crippen molar-refractivity contribution < 1.29 is 24.2 Å². The summed E-state index contributed by atoms with van der Waals surface area (Å²) in [6, 6.07) is 0. The molecule has 0 amide bonds. The fourth-order valence-electron chi connectivity index (χ4n) is 6.01. The first-order valence-corrected chi connectivity index (χ1v) is 10.2. The fraction of sp³-hybridized carbons (Fsp3) is 0.818. The Morgan fingerprint density at radius 2 is 1.96 bits per heavy atom. The van der Waals surface area contributed by atoms with E-state index in [1.165, 1.54) is 12.5 Å². The van der Waals surface area contributed by atoms with E-state index in [4.69, 9.17) is 9.47 Å². The first kappa shape index (κ1) is 20.5. The lowest BCUT2D eigenvalue weighted by Crippen LogP contribution is -2.61. The number of rotatable bonds is 4. The summed E-state index contributed by atoms with van der Waals surface area (Å²) in [5.41, 5.74) is -0.401. The molecule has 0 unspecified atom stereocenters. The summed E-state index contributed by atoms with van der Waals surface area (Å²) in [6.07, 6.45) is 6.91. The molecule has 27 heavy (non-hydrogen) atoms. The van der Waals surface area contributed by atoms with Gasteiger partial charge in [0, 0.05) is 24.7 Å². The smallest absolute Gasteiger partial charge is 0.302 e. The molecule has 1 N–H and O–H groups in total. The molecule has 2 aliphatic carbocycles. The number of esters is 1. The lowest BCUT2D eigenvalue weighted by molar-refractivity contribution is -0.205. The van der Waals surface area contributed by atoms with E-state index < -0.39 is 11.2 Å². The van der Waals surface area contributed by atoms with Gasteiger partial charge in [-0.2, -0.15) is 0 Å². The van der Waals surface area contributed by atoms with Crippen molar-refractivity contribution in [2.75, 3.05) is 13.2 Å². The summed E-state index contributed by atoms with van der Waals surface area (Å²) in [4.78, 5) is 24.1. The fourth-order valence-corrected chi connectivity index (χ4v) is 6.01. The molecule has 1 spiro atoms. The maximum Gasteiger partial charge on any atom is 0.302 e. The van der Waals surface area contributed by atoms with Gasteiger partial charge >= 0.3 is 5.97 Å². The molecule has 1 heterocycles. The molecule has 5 heteroatoms. The topological polar surface area (TPSA) is 72.8 Å². The Kier molecular flexibility index (Phi) is 5.09. The highest BCUT2D eigenvalue weighted by molar-refractivity contribution is 5.95. The van der Waals surface area contributed by atoms with Crippen LogP contribution in [0.4, 0.5) is 0 Å². The van der Waals surface area contributed by atoms with Gasteiger partial charge in [0.15, 0.2) is 5.78 Å². The maximum absolute atomic E-state index is 13.0. The quantitative estimate of drug-likeness (QED) is 0.757. The minimum absolute atomic E-state index is 0.0264. The minimum atomic E-state index is -0.753. The van der Waals surface area contributed by atoms with Crippen LogP contribution in [-0.4, -0.2) is 41.3 Å². The number of carbonyl (C=O) groups is 2. The minimum Gasteiger partial charge on any atom is -0.466 e. The highest BCUT2D eigenvalue weighted by Crippen LogP contribution is 2.65. The van der Waals surface area contributed by atoms with Gasteiger partial charge in [-0.15, -0.1) is 0 Å². The van der Waals surface area contributed by atoms with E-state index in [0.717, 1.165) is 25.7 Å². The number of ether oxygens (including phenoxy) is 2. The molecular weight excluding hydrogens is 344 g/mol. The zero-order chi connectivity index (χ0) is 20.1. The number of ketones is 1. The summed E-state index contributed by atoms with van der Waals surface area (Å²) in [5.74, 6) is -0.448. The molecule has 1 aliphatic heterocycles. The first-order chi connectivity index (χ1) is 12.5. The van der Waals surface area contributed by atoms with Crippen molar-refractivity contribution in [1.82, 2.24) is 0 Å². The summed E-state index contributed by atoms with van der Waals surface area (Å²) < 4.78 is 11.9. The second-order valence-corrected chi connectivity index (χ2v) is 9.67. The van der Waals surface area contributed by atoms with Crippen LogP contribution in [0.25, 0.3) is 0 Å². The summed E-state index contributed by atoms with van der Waals surface area (Å²) in [7, 11) is 0. The first-order valence-electron chi connectivity index (χ1n) is 10.2. The second kappa shape index (κ2) is 6.70. The summed E-state index contributed by atoms with van der Waals surface area (Å²) in [5, 5.41) is 10.2. The number of hydrogen-bond acceptors (Lipinski definition) is 5. The summed E-state index contributed by atoms with van der Waals surface area (Å²) in [6.45, 7) is 10.1. The number of hydrogen-bond donors (Lipinski definition) is 1. The highest BCUT2D eigenvalue weighted by atomic mass is 16.6. The maximum atomic E-state index is 13.0. The number of carbonyl (C=O) groups excluding carboxylic acids is 2. The highest BCUT2D eigenvalue weighted by Gasteiger charge is 2.66. The third-order valence-electron chi connectivity index (χ3n) is 7.65. The van der Waals surface area contributed by atoms with Crippen LogP contribution < -0.4 is 0 Å². The Balaban J connectivity index is 1.97. The van der Waals surface area contributed by atoms with E-state index in [1.54, 1.807) is 0 Å². The predicted octanol–water partition coefficient (Wildman–Crippen LogP) is 3.58. The van der Waals surface area contributed by atoms with Gasteiger partial charge in [-0.3, -0.25) is 9.59 Å². The van der Waals surface area contributed by atoms with Crippen molar-refractivity contribution in [1.29, 1.82) is 0 Å². The van der Waals surface area contributed by atoms with Gasteiger partial charge in [0.25, 0.3) is 0 Å². The van der Waals surface area contributed by atoms with Gasteiger partial charge in [-0.25, -0.2) is 0 Å². The van der Waals surface area contributed by atoms with Crippen LogP contribution in [0.3, 0.4) is 0 Å². The van der Waals surface area contributed by atoms with E-state index >= 15 is 0 Å². The molecule has 3 aliphatic rings. The predicted molar refractivity (Wildman–Crippen MR) is 102 cm³/mol. The number of allylic oxidation sites excluding steroid dienone is 1. The Morgan fingerprint density at radius 3 is 2.59 bits per heavy atom. The van der Waals surface area contributed by atoms with Gasteiger partial charge in [0.05, 0.1) is 24.4 Å². The molecule has 4 atom stereocenters. The van der Waals surface area contributed by atoms with Crippen molar-refractivity contribution in [3.8, 4) is 0 Å². The van der Waals surface area contributed by atoms with Crippen LogP contribution in [0, 0.1) is 16.7 Å². The average Bonchev–Trinajstić information content (AvgIpc) is 2.98. The van der Waals surface area contributed by atoms with Crippen LogP contribution in [0.5, 0.6) is 0 Å². The number of aliphatic hydroxyl groups excluding tert-OH is 1. The molecule has 0 bridgehead atoms. The average molecular weight is 379 g/mol. The van der Waals surface area contributed by atoms with Crippen LogP contribution in [0.1, 0.15) is 73.1 Å². The SMILES string of the molecule is CC(=O)OCC[C@]1(CO)CC[C@@]2(O1)[C@H](C)C(=O)C=C1C(C)(C)CCC[C@@]12C. The zero-order valence-electron chi connectivity index (χ0n) is 17.4. The second-order valence-electron chi connectivity index (χ2n) is 9.67. The van der Waals surface area contributed by atoms with Gasteiger partial charge in [-0.05, 0) is 37.2 Å². The van der Waals surface area contributed by atoms with Crippen LogP contribution in [0.15, 0.2) is 11.6 Å². The standard InChI is InChI=1S/C22H34O5/c1-15-17(25)13-18-19(3,4)7-6-8-20(18,5)22(15)10-9-21(14-23,27-22)11-12-26-16(2)24/h13,15,23H,6-12,14H2,1-5H3/t15-,20+,21+,22-/m1/s1. The molecule has 0 radical (unpaired) electrons. The molecule has 1 saturated carbocycles. The largest absolute Gasteiger partial charge is 0.466 e. The lowest BCUT2D eigenvalue weighted by atomic mass is 9.48. The summed E-state index contributed by atoms with van der Waals surface area (Å²) >= 11 is 0. The Labute approximate surface area is 162 Å². The molecule has 5 nitrogen and oxygen atoms in total. The molecule has 3 rings (SSSR count). The van der Waals surface area contributed by atoms with Gasteiger partial charge in [-0.1, -0.05) is 39.7 Å². The Bertz CT molecular complexity index is 666. The van der Waals surface area contributed by atoms with E-state index in [1.807, 2.05) is 13.0 Å². The zero-order valence-corrected chi connectivity index (χ0v) is 17.4. The molecule has 0 aromatic rings.